The number of aromatic nitrogens is 3. The number of unbranched alkanes of at least 4 members (excludes halogenated alkanes) is 2. The van der Waals surface area contributed by atoms with Crippen LogP contribution < -0.4 is 10.6 Å². The smallest absolute Gasteiger partial charge is 0.264 e. The molecule has 0 aromatic carbocycles. The molecule has 8 heteroatoms. The second-order valence-electron chi connectivity index (χ2n) is 6.80. The van der Waals surface area contributed by atoms with Crippen LogP contribution in [0.2, 0.25) is 0 Å². The lowest BCUT2D eigenvalue weighted by molar-refractivity contribution is -0.134. The van der Waals surface area contributed by atoms with E-state index >= 15 is 4.39 Å². The second-order valence-corrected chi connectivity index (χ2v) is 6.80. The average Bonchev–Trinajstić information content (AvgIpc) is 3.04. The third-order valence-corrected chi connectivity index (χ3v) is 4.95. The fraction of sp³-hybridized carbons (Fsp3) is 0.778. The highest BCUT2D eigenvalue weighted by Gasteiger charge is 2.45. The predicted molar refractivity (Wildman–Crippen MR) is 96.2 cm³/mol. The summed E-state index contributed by atoms with van der Waals surface area (Å²) in [6.07, 6.45) is 6.12. The van der Waals surface area contributed by atoms with Crippen molar-refractivity contribution in [3.8, 4) is 0 Å². The fourth-order valence-electron chi connectivity index (χ4n) is 3.37. The summed E-state index contributed by atoms with van der Waals surface area (Å²) in [5, 5.41) is 13.4. The monoisotopic (exact) mass is 367 g/mol. The van der Waals surface area contributed by atoms with Crippen LogP contribution in [-0.4, -0.2) is 40.4 Å². The minimum Gasteiger partial charge on any atom is -0.359 e. The van der Waals surface area contributed by atoms with Gasteiger partial charge in [-0.15, -0.1) is 5.10 Å². The van der Waals surface area contributed by atoms with Gasteiger partial charge in [0.05, 0.1) is 5.69 Å². The molecule has 1 aliphatic carbocycles. The molecule has 0 saturated carbocycles. The molecule has 1 aromatic rings. The van der Waals surface area contributed by atoms with Crippen LogP contribution in [0.3, 0.4) is 0 Å². The Hall–Kier alpha value is -1.99. The predicted octanol–water partition coefficient (Wildman–Crippen LogP) is 2.00. The number of amides is 2. The molecule has 2 rings (SSSR count). The SMILES string of the molecule is CCn1nnc2c1CCCCCC2(F)C(=O)NCCCCCC(=O)NC. The molecule has 2 amide bonds. The van der Waals surface area contributed by atoms with Crippen molar-refractivity contribution in [1.29, 1.82) is 0 Å². The van der Waals surface area contributed by atoms with Crippen molar-refractivity contribution >= 4 is 11.8 Å². The third kappa shape index (κ3) is 4.80. The Labute approximate surface area is 154 Å². The molecule has 2 N–H and O–H groups in total. The van der Waals surface area contributed by atoms with E-state index in [1.54, 1.807) is 11.7 Å². The summed E-state index contributed by atoms with van der Waals surface area (Å²) in [5.74, 6) is -0.604. The number of rotatable bonds is 8. The van der Waals surface area contributed by atoms with Crippen molar-refractivity contribution in [3.63, 3.8) is 0 Å². The zero-order valence-corrected chi connectivity index (χ0v) is 15.8. The van der Waals surface area contributed by atoms with Gasteiger partial charge < -0.3 is 10.6 Å². The lowest BCUT2D eigenvalue weighted by Crippen LogP contribution is -2.43. The summed E-state index contributed by atoms with van der Waals surface area (Å²) in [6.45, 7) is 2.95. The molecular formula is C18H30FN5O2. The zero-order chi connectivity index (χ0) is 19.0. The van der Waals surface area contributed by atoms with Crippen molar-refractivity contribution in [2.24, 2.45) is 0 Å². The number of carbonyl (C=O) groups is 2. The van der Waals surface area contributed by atoms with Crippen LogP contribution in [0.1, 0.15) is 69.7 Å². The summed E-state index contributed by atoms with van der Waals surface area (Å²) in [4.78, 5) is 23.8. The summed E-state index contributed by atoms with van der Waals surface area (Å²) in [7, 11) is 1.61. The first-order chi connectivity index (χ1) is 12.5. The van der Waals surface area contributed by atoms with Crippen molar-refractivity contribution in [3.05, 3.63) is 11.4 Å². The first kappa shape index (κ1) is 20.3. The second kappa shape index (κ2) is 9.64. The number of fused-ring (bicyclic) bond motifs is 1. The van der Waals surface area contributed by atoms with E-state index in [0.717, 1.165) is 31.4 Å². The highest BCUT2D eigenvalue weighted by atomic mass is 19.1. The molecule has 1 aliphatic rings. The minimum atomic E-state index is -2.11. The molecular weight excluding hydrogens is 337 g/mol. The van der Waals surface area contributed by atoms with Crippen LogP contribution in [0, 0.1) is 0 Å². The molecule has 1 atom stereocenters. The van der Waals surface area contributed by atoms with E-state index in [1.165, 1.54) is 0 Å². The van der Waals surface area contributed by atoms with Gasteiger partial charge in [-0.25, -0.2) is 9.07 Å². The molecule has 7 nitrogen and oxygen atoms in total. The van der Waals surface area contributed by atoms with Crippen molar-refractivity contribution in [2.45, 2.75) is 76.9 Å². The van der Waals surface area contributed by atoms with Crippen LogP contribution >= 0.6 is 0 Å². The third-order valence-electron chi connectivity index (χ3n) is 4.95. The highest BCUT2D eigenvalue weighted by molar-refractivity contribution is 5.86. The zero-order valence-electron chi connectivity index (χ0n) is 15.8. The lowest BCUT2D eigenvalue weighted by Gasteiger charge is -2.25. The number of hydrogen-bond acceptors (Lipinski definition) is 4. The van der Waals surface area contributed by atoms with E-state index in [-0.39, 0.29) is 18.0 Å². The van der Waals surface area contributed by atoms with Crippen LogP contribution in [0.4, 0.5) is 4.39 Å². The number of nitrogens with one attached hydrogen (secondary N) is 2. The van der Waals surface area contributed by atoms with Gasteiger partial charge in [-0.1, -0.05) is 18.1 Å². The highest BCUT2D eigenvalue weighted by Crippen LogP contribution is 2.35. The van der Waals surface area contributed by atoms with Gasteiger partial charge in [-0.2, -0.15) is 0 Å². The molecule has 0 spiro atoms. The van der Waals surface area contributed by atoms with Gasteiger partial charge in [-0.05, 0) is 45.4 Å². The van der Waals surface area contributed by atoms with Gasteiger partial charge in [0, 0.05) is 26.6 Å². The average molecular weight is 367 g/mol. The quantitative estimate of drug-likeness (QED) is 0.688. The van der Waals surface area contributed by atoms with Gasteiger partial charge in [-0.3, -0.25) is 9.59 Å². The molecule has 0 saturated heterocycles. The van der Waals surface area contributed by atoms with E-state index in [0.29, 0.717) is 38.8 Å². The summed E-state index contributed by atoms with van der Waals surface area (Å²) in [5.41, 5.74) is -1.17. The van der Waals surface area contributed by atoms with Gasteiger partial charge >= 0.3 is 0 Å². The Bertz CT molecular complexity index is 619. The first-order valence-electron chi connectivity index (χ1n) is 9.63. The largest absolute Gasteiger partial charge is 0.359 e. The molecule has 1 heterocycles. The van der Waals surface area contributed by atoms with Crippen molar-refractivity contribution in [2.75, 3.05) is 13.6 Å². The Morgan fingerprint density at radius 2 is 2.04 bits per heavy atom. The Balaban J connectivity index is 1.94. The maximum Gasteiger partial charge on any atom is 0.264 e. The molecule has 146 valence electrons. The number of carbonyl (C=O) groups excluding carboxylic acids is 2. The van der Waals surface area contributed by atoms with E-state index in [4.69, 9.17) is 0 Å². The normalized spacial score (nSPS) is 20.0. The van der Waals surface area contributed by atoms with Crippen LogP contribution in [0.25, 0.3) is 0 Å². The molecule has 1 aromatic heterocycles. The van der Waals surface area contributed by atoms with Crippen LogP contribution in [0.15, 0.2) is 0 Å². The number of aryl methyl sites for hydroxylation is 1. The van der Waals surface area contributed by atoms with Gasteiger partial charge in [0.1, 0.15) is 5.69 Å². The van der Waals surface area contributed by atoms with Crippen LogP contribution in [0.5, 0.6) is 0 Å². The van der Waals surface area contributed by atoms with E-state index in [2.05, 4.69) is 20.9 Å². The van der Waals surface area contributed by atoms with Gasteiger partial charge in [0.25, 0.3) is 5.91 Å². The fourth-order valence-corrected chi connectivity index (χ4v) is 3.37. The van der Waals surface area contributed by atoms with E-state index in [9.17, 15) is 9.59 Å². The first-order valence-corrected chi connectivity index (χ1v) is 9.63. The molecule has 26 heavy (non-hydrogen) atoms. The van der Waals surface area contributed by atoms with Gasteiger partial charge in [0.15, 0.2) is 0 Å². The minimum absolute atomic E-state index is 0.0119. The summed E-state index contributed by atoms with van der Waals surface area (Å²) >= 11 is 0. The van der Waals surface area contributed by atoms with Gasteiger partial charge in [0.2, 0.25) is 11.6 Å². The van der Waals surface area contributed by atoms with Crippen molar-refractivity contribution in [1.82, 2.24) is 25.6 Å². The Morgan fingerprint density at radius 1 is 1.23 bits per heavy atom. The summed E-state index contributed by atoms with van der Waals surface area (Å²) in [6, 6.07) is 0. The molecule has 0 bridgehead atoms. The number of nitrogens with zero attached hydrogens (tertiary/aromatic N) is 3. The maximum absolute atomic E-state index is 15.7. The molecule has 0 aliphatic heterocycles. The molecule has 1 unspecified atom stereocenters. The lowest BCUT2D eigenvalue weighted by atomic mass is 9.88. The van der Waals surface area contributed by atoms with E-state index in [1.807, 2.05) is 6.92 Å². The van der Waals surface area contributed by atoms with Crippen molar-refractivity contribution < 1.29 is 14.0 Å². The van der Waals surface area contributed by atoms with E-state index < -0.39 is 11.6 Å². The topological polar surface area (TPSA) is 88.9 Å². The Kier molecular flexibility index (Phi) is 7.53. The summed E-state index contributed by atoms with van der Waals surface area (Å²) < 4.78 is 17.4. The molecule has 0 fully saturated rings. The Morgan fingerprint density at radius 3 is 2.77 bits per heavy atom. The van der Waals surface area contributed by atoms with Crippen LogP contribution in [-0.2, 0) is 28.2 Å². The number of halogens is 1. The molecule has 0 radical (unpaired) electrons. The number of alkyl halides is 1. The standard InChI is InChI=1S/C18H30FN5O2/c1-3-24-14-10-6-4-8-12-18(19,16(14)22-23-24)17(26)21-13-9-5-7-11-15(25)20-2/h3-13H2,1-2H3,(H,20,25)(H,21,26). The maximum atomic E-state index is 15.7. The number of hydrogen-bond donors (Lipinski definition) is 2.